The van der Waals surface area contributed by atoms with E-state index in [2.05, 4.69) is 66.0 Å². The molecule has 104 valence electrons. The van der Waals surface area contributed by atoms with Crippen molar-refractivity contribution < 1.29 is 0 Å². The molecule has 0 radical (unpaired) electrons. The Morgan fingerprint density at radius 1 is 0.850 bits per heavy atom. The van der Waals surface area contributed by atoms with Crippen LogP contribution in [0, 0.1) is 5.92 Å². The third-order valence-electron chi connectivity index (χ3n) is 4.45. The van der Waals surface area contributed by atoms with Crippen molar-refractivity contribution in [1.29, 1.82) is 0 Å². The largest absolute Gasteiger partial charge is 0.316 e. The van der Waals surface area contributed by atoms with Crippen LogP contribution in [0.3, 0.4) is 0 Å². The summed E-state index contributed by atoms with van der Waals surface area (Å²) >= 11 is 0. The van der Waals surface area contributed by atoms with Crippen LogP contribution in [0.2, 0.25) is 0 Å². The first kappa shape index (κ1) is 13.4. The predicted octanol–water partition coefficient (Wildman–Crippen LogP) is 4.01. The molecule has 2 atom stereocenters. The molecule has 2 aromatic rings. The summed E-state index contributed by atoms with van der Waals surface area (Å²) in [7, 11) is 0. The van der Waals surface area contributed by atoms with Gasteiger partial charge < -0.3 is 5.32 Å². The number of hydrogen-bond donors (Lipinski definition) is 1. The molecule has 1 saturated heterocycles. The fourth-order valence-corrected chi connectivity index (χ4v) is 3.34. The van der Waals surface area contributed by atoms with Gasteiger partial charge in [-0.3, -0.25) is 0 Å². The van der Waals surface area contributed by atoms with Crippen molar-refractivity contribution in [2.75, 3.05) is 13.1 Å². The van der Waals surface area contributed by atoms with Crippen LogP contribution in [-0.4, -0.2) is 13.1 Å². The molecule has 1 fully saturated rings. The normalized spacial score (nSPS) is 22.0. The lowest BCUT2D eigenvalue weighted by atomic mass is 9.85. The second-order valence-electron chi connectivity index (χ2n) is 5.81. The van der Waals surface area contributed by atoms with E-state index >= 15 is 0 Å². The van der Waals surface area contributed by atoms with E-state index in [1.807, 2.05) is 0 Å². The maximum absolute atomic E-state index is 3.57. The quantitative estimate of drug-likeness (QED) is 0.861. The molecule has 2 aromatic carbocycles. The van der Waals surface area contributed by atoms with Gasteiger partial charge >= 0.3 is 0 Å². The zero-order valence-corrected chi connectivity index (χ0v) is 12.0. The van der Waals surface area contributed by atoms with Crippen molar-refractivity contribution in [3.8, 4) is 0 Å². The first-order valence-electron chi connectivity index (χ1n) is 7.73. The molecule has 3 rings (SSSR count). The lowest BCUT2D eigenvalue weighted by Gasteiger charge is -2.18. The Hall–Kier alpha value is -1.60. The van der Waals surface area contributed by atoms with E-state index in [1.54, 1.807) is 0 Å². The molecule has 1 nitrogen and oxygen atoms in total. The summed E-state index contributed by atoms with van der Waals surface area (Å²) in [6, 6.07) is 21.8. The Bertz CT molecular complexity index is 506. The molecule has 0 unspecified atom stereocenters. The van der Waals surface area contributed by atoms with Gasteiger partial charge in [0.25, 0.3) is 0 Å². The van der Waals surface area contributed by atoms with E-state index in [4.69, 9.17) is 0 Å². The van der Waals surface area contributed by atoms with Gasteiger partial charge in [0.05, 0.1) is 0 Å². The SMILES string of the molecule is c1ccc(CCC[C@H]2CNC[C@H]2c2ccccc2)cc1. The van der Waals surface area contributed by atoms with Gasteiger partial charge in [0.1, 0.15) is 0 Å². The highest BCUT2D eigenvalue weighted by molar-refractivity contribution is 5.22. The lowest BCUT2D eigenvalue weighted by Crippen LogP contribution is -2.11. The molecular formula is C19H23N. The number of benzene rings is 2. The van der Waals surface area contributed by atoms with Crippen molar-refractivity contribution in [3.63, 3.8) is 0 Å². The fraction of sp³-hybridized carbons (Fsp3) is 0.368. The van der Waals surface area contributed by atoms with Crippen LogP contribution in [0.15, 0.2) is 60.7 Å². The summed E-state index contributed by atoms with van der Waals surface area (Å²) in [6.45, 7) is 2.31. The second kappa shape index (κ2) is 6.71. The summed E-state index contributed by atoms with van der Waals surface area (Å²) in [4.78, 5) is 0. The summed E-state index contributed by atoms with van der Waals surface area (Å²) in [5.74, 6) is 1.49. The third-order valence-corrected chi connectivity index (χ3v) is 4.45. The molecule has 0 spiro atoms. The molecule has 1 heterocycles. The van der Waals surface area contributed by atoms with Crippen molar-refractivity contribution in [2.45, 2.75) is 25.2 Å². The van der Waals surface area contributed by atoms with Crippen molar-refractivity contribution in [1.82, 2.24) is 5.32 Å². The monoisotopic (exact) mass is 265 g/mol. The van der Waals surface area contributed by atoms with E-state index in [1.165, 1.54) is 36.9 Å². The van der Waals surface area contributed by atoms with Crippen LogP contribution in [0.4, 0.5) is 0 Å². The Morgan fingerprint density at radius 3 is 2.30 bits per heavy atom. The summed E-state index contributed by atoms with van der Waals surface area (Å²) in [6.07, 6.45) is 3.82. The first-order valence-corrected chi connectivity index (χ1v) is 7.73. The number of hydrogen-bond acceptors (Lipinski definition) is 1. The van der Waals surface area contributed by atoms with E-state index in [0.29, 0.717) is 5.92 Å². The molecule has 1 aliphatic rings. The van der Waals surface area contributed by atoms with Gasteiger partial charge in [-0.1, -0.05) is 60.7 Å². The van der Waals surface area contributed by atoms with Gasteiger partial charge in [0.2, 0.25) is 0 Å². The van der Waals surface area contributed by atoms with Gasteiger partial charge in [-0.15, -0.1) is 0 Å². The Balaban J connectivity index is 1.54. The average Bonchev–Trinajstić information content (AvgIpc) is 2.98. The zero-order valence-electron chi connectivity index (χ0n) is 12.0. The number of aryl methyl sites for hydroxylation is 1. The molecule has 1 N–H and O–H groups in total. The summed E-state index contributed by atoms with van der Waals surface area (Å²) in [5.41, 5.74) is 2.97. The van der Waals surface area contributed by atoms with Gasteiger partial charge in [0, 0.05) is 12.5 Å². The molecule has 0 aliphatic carbocycles. The molecule has 1 heteroatoms. The summed E-state index contributed by atoms with van der Waals surface area (Å²) < 4.78 is 0. The molecule has 0 aromatic heterocycles. The van der Waals surface area contributed by atoms with Crippen molar-refractivity contribution in [2.24, 2.45) is 5.92 Å². The summed E-state index contributed by atoms with van der Waals surface area (Å²) in [5, 5.41) is 3.57. The van der Waals surface area contributed by atoms with Crippen LogP contribution in [0.1, 0.15) is 29.9 Å². The molecule has 0 saturated carbocycles. The van der Waals surface area contributed by atoms with E-state index < -0.39 is 0 Å². The van der Waals surface area contributed by atoms with Crippen molar-refractivity contribution in [3.05, 3.63) is 71.8 Å². The lowest BCUT2D eigenvalue weighted by molar-refractivity contribution is 0.463. The van der Waals surface area contributed by atoms with E-state index in [-0.39, 0.29) is 0 Å². The second-order valence-corrected chi connectivity index (χ2v) is 5.81. The van der Waals surface area contributed by atoms with Gasteiger partial charge in [-0.25, -0.2) is 0 Å². The number of rotatable bonds is 5. The van der Waals surface area contributed by atoms with Gasteiger partial charge in [0.15, 0.2) is 0 Å². The molecule has 0 bridgehead atoms. The maximum Gasteiger partial charge on any atom is 0.00234 e. The highest BCUT2D eigenvalue weighted by atomic mass is 14.9. The van der Waals surface area contributed by atoms with E-state index in [0.717, 1.165) is 12.5 Å². The van der Waals surface area contributed by atoms with Gasteiger partial charge in [-0.05, 0) is 42.9 Å². The molecule has 0 amide bonds. The topological polar surface area (TPSA) is 12.0 Å². The van der Waals surface area contributed by atoms with Crippen LogP contribution < -0.4 is 5.32 Å². The highest BCUT2D eigenvalue weighted by Gasteiger charge is 2.27. The molecular weight excluding hydrogens is 242 g/mol. The minimum absolute atomic E-state index is 0.701. The molecule has 20 heavy (non-hydrogen) atoms. The Morgan fingerprint density at radius 2 is 1.55 bits per heavy atom. The standard InChI is InChI=1S/C19H23N/c1-3-8-16(9-4-1)10-7-13-18-14-20-15-19(18)17-11-5-2-6-12-17/h1-6,8-9,11-12,18-20H,7,10,13-15H2/t18-,19-/m0/s1. The minimum atomic E-state index is 0.701. The average molecular weight is 265 g/mol. The van der Waals surface area contributed by atoms with Crippen LogP contribution in [0.5, 0.6) is 0 Å². The van der Waals surface area contributed by atoms with E-state index in [9.17, 15) is 0 Å². The van der Waals surface area contributed by atoms with Crippen LogP contribution in [0.25, 0.3) is 0 Å². The predicted molar refractivity (Wildman–Crippen MR) is 84.9 cm³/mol. The highest BCUT2D eigenvalue weighted by Crippen LogP contribution is 2.31. The van der Waals surface area contributed by atoms with Crippen molar-refractivity contribution >= 4 is 0 Å². The Labute approximate surface area is 122 Å². The Kier molecular flexibility index (Phi) is 4.49. The van der Waals surface area contributed by atoms with Crippen LogP contribution in [-0.2, 0) is 6.42 Å². The zero-order chi connectivity index (χ0) is 13.6. The smallest absolute Gasteiger partial charge is 0.00234 e. The fourth-order valence-electron chi connectivity index (χ4n) is 3.34. The minimum Gasteiger partial charge on any atom is -0.316 e. The molecule has 1 aliphatic heterocycles. The number of nitrogens with one attached hydrogen (secondary N) is 1. The maximum atomic E-state index is 3.57. The first-order chi connectivity index (χ1) is 9.93. The van der Waals surface area contributed by atoms with Crippen LogP contribution >= 0.6 is 0 Å². The third kappa shape index (κ3) is 3.29. The van der Waals surface area contributed by atoms with Gasteiger partial charge in [-0.2, -0.15) is 0 Å².